The largest absolute Gasteiger partial charge is 0.481 e. The first kappa shape index (κ1) is 14.0. The number of morpholine rings is 1. The van der Waals surface area contributed by atoms with Crippen molar-refractivity contribution in [3.05, 3.63) is 35.4 Å². The van der Waals surface area contributed by atoms with Crippen LogP contribution in [0, 0.1) is 0 Å². The van der Waals surface area contributed by atoms with Crippen molar-refractivity contribution in [2.45, 2.75) is 32.4 Å². The molecule has 1 aliphatic heterocycles. The van der Waals surface area contributed by atoms with Gasteiger partial charge in [-0.25, -0.2) is 0 Å². The third-order valence-corrected chi connectivity index (χ3v) is 3.64. The van der Waals surface area contributed by atoms with Crippen molar-refractivity contribution >= 4 is 5.97 Å². The Bertz CT molecular complexity index is 456. The van der Waals surface area contributed by atoms with Gasteiger partial charge in [-0.05, 0) is 25.0 Å². The number of rotatable bonds is 4. The third-order valence-electron chi connectivity index (χ3n) is 3.64. The molecule has 0 unspecified atom stereocenters. The molecule has 19 heavy (non-hydrogen) atoms. The van der Waals surface area contributed by atoms with Gasteiger partial charge in [-0.3, -0.25) is 9.69 Å². The molecule has 104 valence electrons. The molecular formula is C15H21NO3. The van der Waals surface area contributed by atoms with Crippen LogP contribution in [-0.4, -0.2) is 41.3 Å². The molecule has 1 saturated heterocycles. The Morgan fingerprint density at radius 3 is 2.68 bits per heavy atom. The Morgan fingerprint density at radius 2 is 2.05 bits per heavy atom. The number of benzene rings is 1. The van der Waals surface area contributed by atoms with Gasteiger partial charge in [0.25, 0.3) is 0 Å². The average Bonchev–Trinajstić information content (AvgIpc) is 2.33. The van der Waals surface area contributed by atoms with Crippen LogP contribution in [0.4, 0.5) is 0 Å². The smallest absolute Gasteiger partial charge is 0.307 e. The molecule has 1 aromatic carbocycles. The Kier molecular flexibility index (Phi) is 4.22. The molecule has 0 amide bonds. The van der Waals surface area contributed by atoms with Crippen molar-refractivity contribution < 1.29 is 14.6 Å². The first-order valence-corrected chi connectivity index (χ1v) is 6.60. The summed E-state index contributed by atoms with van der Waals surface area (Å²) in [5.41, 5.74) is 1.99. The summed E-state index contributed by atoms with van der Waals surface area (Å²) in [6.45, 7) is 7.44. The zero-order valence-corrected chi connectivity index (χ0v) is 11.6. The number of hydrogen-bond donors (Lipinski definition) is 1. The molecule has 0 saturated carbocycles. The summed E-state index contributed by atoms with van der Waals surface area (Å²) in [4.78, 5) is 13.3. The summed E-state index contributed by atoms with van der Waals surface area (Å²) in [7, 11) is 0. The van der Waals surface area contributed by atoms with Crippen molar-refractivity contribution in [1.29, 1.82) is 0 Å². The fraction of sp³-hybridized carbons (Fsp3) is 0.533. The van der Waals surface area contributed by atoms with Crippen molar-refractivity contribution in [2.24, 2.45) is 0 Å². The number of carbonyl (C=O) groups is 1. The highest BCUT2D eigenvalue weighted by Crippen LogP contribution is 2.23. The van der Waals surface area contributed by atoms with E-state index in [0.717, 1.165) is 30.8 Å². The van der Waals surface area contributed by atoms with Gasteiger partial charge in [0, 0.05) is 18.6 Å². The number of nitrogens with zero attached hydrogens (tertiary/aromatic N) is 1. The molecule has 4 heteroatoms. The molecule has 1 N–H and O–H groups in total. The Balaban J connectivity index is 2.16. The lowest BCUT2D eigenvalue weighted by molar-refractivity contribution is -0.136. The van der Waals surface area contributed by atoms with E-state index in [-0.39, 0.29) is 12.0 Å². The van der Waals surface area contributed by atoms with Crippen molar-refractivity contribution in [2.75, 3.05) is 19.8 Å². The van der Waals surface area contributed by atoms with Crippen LogP contribution in [0.25, 0.3) is 0 Å². The van der Waals surface area contributed by atoms with Crippen molar-refractivity contribution in [3.8, 4) is 0 Å². The lowest BCUT2D eigenvalue weighted by Crippen LogP contribution is -2.52. The van der Waals surface area contributed by atoms with Gasteiger partial charge in [-0.15, -0.1) is 0 Å². The molecule has 0 atom stereocenters. The molecule has 1 heterocycles. The van der Waals surface area contributed by atoms with Crippen LogP contribution in [0.5, 0.6) is 0 Å². The first-order chi connectivity index (χ1) is 8.99. The van der Waals surface area contributed by atoms with E-state index >= 15 is 0 Å². The maximum absolute atomic E-state index is 10.9. The van der Waals surface area contributed by atoms with E-state index < -0.39 is 5.97 Å². The molecule has 0 bridgehead atoms. The predicted octanol–water partition coefficient (Wildman–Crippen LogP) is 1.92. The number of ether oxygens (including phenoxy) is 1. The summed E-state index contributed by atoms with van der Waals surface area (Å²) in [6, 6.07) is 7.78. The zero-order chi connectivity index (χ0) is 13.9. The monoisotopic (exact) mass is 263 g/mol. The maximum Gasteiger partial charge on any atom is 0.307 e. The predicted molar refractivity (Wildman–Crippen MR) is 73.1 cm³/mol. The van der Waals surface area contributed by atoms with Crippen LogP contribution in [0.3, 0.4) is 0 Å². The lowest BCUT2D eigenvalue weighted by atomic mass is 9.98. The second kappa shape index (κ2) is 5.72. The van der Waals surface area contributed by atoms with Crippen LogP contribution in [0.2, 0.25) is 0 Å². The van der Waals surface area contributed by atoms with Gasteiger partial charge in [-0.1, -0.05) is 24.3 Å². The van der Waals surface area contributed by atoms with Gasteiger partial charge in [0.2, 0.25) is 0 Å². The van der Waals surface area contributed by atoms with E-state index in [2.05, 4.69) is 18.7 Å². The summed E-state index contributed by atoms with van der Waals surface area (Å²) < 4.78 is 5.51. The molecule has 2 rings (SSSR count). The third kappa shape index (κ3) is 3.55. The van der Waals surface area contributed by atoms with Crippen LogP contribution in [0.1, 0.15) is 25.0 Å². The van der Waals surface area contributed by atoms with Gasteiger partial charge >= 0.3 is 5.97 Å². The highest BCUT2D eigenvalue weighted by atomic mass is 16.5. The molecule has 4 nitrogen and oxygen atoms in total. The topological polar surface area (TPSA) is 49.8 Å². The molecule has 0 radical (unpaired) electrons. The minimum Gasteiger partial charge on any atom is -0.481 e. The highest BCUT2D eigenvalue weighted by molar-refractivity contribution is 5.70. The van der Waals surface area contributed by atoms with Crippen LogP contribution in [-0.2, 0) is 22.5 Å². The van der Waals surface area contributed by atoms with Gasteiger partial charge < -0.3 is 9.84 Å². The van der Waals surface area contributed by atoms with Crippen LogP contribution in [0.15, 0.2) is 24.3 Å². The van der Waals surface area contributed by atoms with E-state index in [1.54, 1.807) is 0 Å². The van der Waals surface area contributed by atoms with Gasteiger partial charge in [-0.2, -0.15) is 0 Å². The van der Waals surface area contributed by atoms with E-state index in [9.17, 15) is 4.79 Å². The van der Waals surface area contributed by atoms with E-state index in [1.165, 1.54) is 0 Å². The second-order valence-electron chi connectivity index (χ2n) is 5.63. The average molecular weight is 263 g/mol. The van der Waals surface area contributed by atoms with Gasteiger partial charge in [0.1, 0.15) is 0 Å². The molecule has 0 aliphatic carbocycles. The SMILES string of the molecule is CC1(C)COCCN1Cc1ccccc1CC(=O)O. The molecule has 0 aromatic heterocycles. The molecular weight excluding hydrogens is 242 g/mol. The summed E-state index contributed by atoms with van der Waals surface area (Å²) in [6.07, 6.45) is 0.0843. The normalized spacial score (nSPS) is 19.3. The minimum atomic E-state index is -0.784. The number of aliphatic carboxylic acids is 1. The highest BCUT2D eigenvalue weighted by Gasteiger charge is 2.30. The Labute approximate surface area is 114 Å². The van der Waals surface area contributed by atoms with Crippen molar-refractivity contribution in [1.82, 2.24) is 4.90 Å². The van der Waals surface area contributed by atoms with E-state index in [0.29, 0.717) is 6.61 Å². The second-order valence-corrected chi connectivity index (χ2v) is 5.63. The van der Waals surface area contributed by atoms with Gasteiger partial charge in [0.15, 0.2) is 0 Å². The fourth-order valence-corrected chi connectivity index (χ4v) is 2.44. The fourth-order valence-electron chi connectivity index (χ4n) is 2.44. The Morgan fingerprint density at radius 1 is 1.37 bits per heavy atom. The molecule has 1 aliphatic rings. The number of hydrogen-bond acceptors (Lipinski definition) is 3. The lowest BCUT2D eigenvalue weighted by Gasteiger charge is -2.42. The van der Waals surface area contributed by atoms with Crippen LogP contribution >= 0.6 is 0 Å². The maximum atomic E-state index is 10.9. The zero-order valence-electron chi connectivity index (χ0n) is 11.6. The molecule has 1 aromatic rings. The summed E-state index contributed by atoms with van der Waals surface area (Å²) in [5, 5.41) is 8.97. The summed E-state index contributed by atoms with van der Waals surface area (Å²) in [5.74, 6) is -0.784. The molecule has 0 spiro atoms. The standard InChI is InChI=1S/C15H21NO3/c1-15(2)11-19-8-7-16(15)10-13-6-4-3-5-12(13)9-14(17)18/h3-6H,7-11H2,1-2H3,(H,17,18). The summed E-state index contributed by atoms with van der Waals surface area (Å²) >= 11 is 0. The number of carboxylic acids is 1. The van der Waals surface area contributed by atoms with E-state index in [1.807, 2.05) is 24.3 Å². The number of carboxylic acid groups (broad SMARTS) is 1. The van der Waals surface area contributed by atoms with Gasteiger partial charge in [0.05, 0.1) is 19.6 Å². The molecule has 1 fully saturated rings. The Hall–Kier alpha value is -1.39. The van der Waals surface area contributed by atoms with Crippen LogP contribution < -0.4 is 0 Å². The minimum absolute atomic E-state index is 0.00537. The van der Waals surface area contributed by atoms with Crippen molar-refractivity contribution in [3.63, 3.8) is 0 Å². The van der Waals surface area contributed by atoms with E-state index in [4.69, 9.17) is 9.84 Å². The first-order valence-electron chi connectivity index (χ1n) is 6.60. The quantitative estimate of drug-likeness (QED) is 0.901.